The lowest BCUT2D eigenvalue weighted by atomic mass is 10.1. The fourth-order valence-corrected chi connectivity index (χ4v) is 4.07. The minimum absolute atomic E-state index is 0.0208. The number of benzene rings is 1. The molecule has 1 amide bonds. The largest absolute Gasteiger partial charge is 0.369 e. The molecule has 3 heterocycles. The molecule has 0 aliphatic carbocycles. The van der Waals surface area contributed by atoms with Crippen LogP contribution in [0.15, 0.2) is 36.5 Å². The Bertz CT molecular complexity index is 1010. The Labute approximate surface area is 175 Å². The molecule has 0 spiro atoms. The summed E-state index contributed by atoms with van der Waals surface area (Å²) in [5.74, 6) is 1.70. The van der Waals surface area contributed by atoms with Gasteiger partial charge in [0.15, 0.2) is 0 Å². The fourth-order valence-electron chi connectivity index (χ4n) is 3.84. The molecule has 1 aliphatic heterocycles. The summed E-state index contributed by atoms with van der Waals surface area (Å²) in [4.78, 5) is 23.6. The van der Waals surface area contributed by atoms with Gasteiger partial charge in [-0.05, 0) is 43.9 Å². The Morgan fingerprint density at radius 3 is 2.76 bits per heavy atom. The Balaban J connectivity index is 1.32. The standard InChI is InChI=1S/C22H26ClN5O/c1-27-19-9-4-3-8-18(19)26-20(27)10-7-11-24-21-17(23)14-16(15-25-21)22(29)28-12-5-2-6-13-28/h3-4,8-9,14-15H,2,5-7,10-13H2,1H3,(H,24,25). The third kappa shape index (κ3) is 4.37. The second-order valence-electron chi connectivity index (χ2n) is 7.51. The number of nitrogens with one attached hydrogen (secondary N) is 1. The minimum atomic E-state index is 0.0208. The Morgan fingerprint density at radius 1 is 1.21 bits per heavy atom. The summed E-state index contributed by atoms with van der Waals surface area (Å²) in [6.45, 7) is 2.37. The highest BCUT2D eigenvalue weighted by molar-refractivity contribution is 6.33. The van der Waals surface area contributed by atoms with Gasteiger partial charge in [-0.3, -0.25) is 4.79 Å². The summed E-state index contributed by atoms with van der Waals surface area (Å²) in [6, 6.07) is 9.88. The lowest BCUT2D eigenvalue weighted by molar-refractivity contribution is 0.0724. The van der Waals surface area contributed by atoms with E-state index in [0.717, 1.165) is 62.2 Å². The fraction of sp³-hybridized carbons (Fsp3) is 0.409. The summed E-state index contributed by atoms with van der Waals surface area (Å²) in [5.41, 5.74) is 2.73. The van der Waals surface area contributed by atoms with Crippen molar-refractivity contribution in [2.75, 3.05) is 25.0 Å². The van der Waals surface area contributed by atoms with Gasteiger partial charge >= 0.3 is 0 Å². The first-order chi connectivity index (χ1) is 14.1. The lowest BCUT2D eigenvalue weighted by Gasteiger charge is -2.26. The van der Waals surface area contributed by atoms with Crippen LogP contribution in [0.5, 0.6) is 0 Å². The number of piperidine rings is 1. The maximum Gasteiger partial charge on any atom is 0.255 e. The zero-order valence-corrected chi connectivity index (χ0v) is 17.5. The van der Waals surface area contributed by atoms with Gasteiger partial charge in [-0.15, -0.1) is 0 Å². The number of halogens is 1. The monoisotopic (exact) mass is 411 g/mol. The van der Waals surface area contributed by atoms with E-state index in [1.165, 1.54) is 6.42 Å². The number of aryl methyl sites for hydroxylation is 2. The average Bonchev–Trinajstić information content (AvgIpc) is 3.08. The number of carbonyl (C=O) groups excluding carboxylic acids is 1. The van der Waals surface area contributed by atoms with Crippen LogP contribution >= 0.6 is 11.6 Å². The van der Waals surface area contributed by atoms with Crippen LogP contribution in [0.25, 0.3) is 11.0 Å². The van der Waals surface area contributed by atoms with Crippen LogP contribution in [0, 0.1) is 0 Å². The van der Waals surface area contributed by atoms with Gasteiger partial charge in [-0.1, -0.05) is 23.7 Å². The normalized spacial score (nSPS) is 14.3. The van der Waals surface area contributed by atoms with Crippen molar-refractivity contribution in [1.29, 1.82) is 0 Å². The van der Waals surface area contributed by atoms with Crippen LogP contribution in [0.4, 0.5) is 5.82 Å². The number of aromatic nitrogens is 3. The second kappa shape index (κ2) is 8.82. The number of imidazole rings is 1. The number of amides is 1. The van der Waals surface area contributed by atoms with Crippen molar-refractivity contribution in [2.45, 2.75) is 32.1 Å². The quantitative estimate of drug-likeness (QED) is 0.614. The minimum Gasteiger partial charge on any atom is -0.369 e. The summed E-state index contributed by atoms with van der Waals surface area (Å²) >= 11 is 6.37. The number of likely N-dealkylation sites (tertiary alicyclic amines) is 1. The van der Waals surface area contributed by atoms with Gasteiger partial charge in [0.1, 0.15) is 11.6 Å². The molecule has 1 aliphatic rings. The maximum absolute atomic E-state index is 12.6. The number of fused-ring (bicyclic) bond motifs is 1. The van der Waals surface area contributed by atoms with Crippen LogP contribution in [0.1, 0.15) is 41.9 Å². The molecule has 0 unspecified atom stereocenters. The number of hydrogen-bond donors (Lipinski definition) is 1. The highest BCUT2D eigenvalue weighted by atomic mass is 35.5. The van der Waals surface area contributed by atoms with Gasteiger partial charge < -0.3 is 14.8 Å². The first-order valence-electron chi connectivity index (χ1n) is 10.2. The zero-order chi connectivity index (χ0) is 20.2. The molecular weight excluding hydrogens is 386 g/mol. The molecule has 2 aromatic heterocycles. The van der Waals surface area contributed by atoms with Crippen LogP contribution in [0.3, 0.4) is 0 Å². The predicted octanol–water partition coefficient (Wildman–Crippen LogP) is 4.29. The molecule has 152 valence electrons. The molecule has 29 heavy (non-hydrogen) atoms. The Kier molecular flexibility index (Phi) is 6.00. The van der Waals surface area contributed by atoms with Crippen molar-refractivity contribution in [1.82, 2.24) is 19.4 Å². The molecule has 0 bridgehead atoms. The van der Waals surface area contributed by atoms with Crippen molar-refractivity contribution in [2.24, 2.45) is 7.05 Å². The van der Waals surface area contributed by atoms with E-state index in [1.807, 2.05) is 23.1 Å². The maximum atomic E-state index is 12.6. The lowest BCUT2D eigenvalue weighted by Crippen LogP contribution is -2.35. The van der Waals surface area contributed by atoms with Crippen LogP contribution in [-0.4, -0.2) is 45.0 Å². The molecule has 1 N–H and O–H groups in total. The Morgan fingerprint density at radius 2 is 2.00 bits per heavy atom. The van der Waals surface area contributed by atoms with Crippen LogP contribution < -0.4 is 5.32 Å². The van der Waals surface area contributed by atoms with Crippen LogP contribution in [0.2, 0.25) is 5.02 Å². The van der Waals surface area contributed by atoms with Gasteiger partial charge in [0.25, 0.3) is 5.91 Å². The van der Waals surface area contributed by atoms with Crippen molar-refractivity contribution in [3.63, 3.8) is 0 Å². The molecule has 1 aromatic carbocycles. The molecular formula is C22H26ClN5O. The van der Waals surface area contributed by atoms with Crippen LogP contribution in [-0.2, 0) is 13.5 Å². The molecule has 1 fully saturated rings. The van der Waals surface area contributed by atoms with E-state index in [-0.39, 0.29) is 5.91 Å². The third-order valence-corrected chi connectivity index (χ3v) is 5.77. The SMILES string of the molecule is Cn1c(CCCNc2ncc(C(=O)N3CCCCC3)cc2Cl)nc2ccccc21. The van der Waals surface area contributed by atoms with E-state index in [2.05, 4.69) is 28.0 Å². The summed E-state index contributed by atoms with van der Waals surface area (Å²) in [6.07, 6.45) is 6.72. The number of carbonyl (C=O) groups is 1. The molecule has 7 heteroatoms. The Hall–Kier alpha value is -2.60. The second-order valence-corrected chi connectivity index (χ2v) is 7.92. The number of rotatable bonds is 6. The number of para-hydroxylation sites is 2. The van der Waals surface area contributed by atoms with E-state index in [0.29, 0.717) is 16.4 Å². The average molecular weight is 412 g/mol. The van der Waals surface area contributed by atoms with Gasteiger partial charge in [0.05, 0.1) is 21.6 Å². The molecule has 1 saturated heterocycles. The topological polar surface area (TPSA) is 63.1 Å². The summed E-state index contributed by atoms with van der Waals surface area (Å²) < 4.78 is 2.14. The van der Waals surface area contributed by atoms with Crippen molar-refractivity contribution in [3.8, 4) is 0 Å². The highest BCUT2D eigenvalue weighted by Crippen LogP contribution is 2.22. The molecule has 3 aromatic rings. The number of hydrogen-bond acceptors (Lipinski definition) is 4. The molecule has 6 nitrogen and oxygen atoms in total. The third-order valence-electron chi connectivity index (χ3n) is 5.48. The highest BCUT2D eigenvalue weighted by Gasteiger charge is 2.19. The van der Waals surface area contributed by atoms with Gasteiger partial charge in [-0.2, -0.15) is 0 Å². The number of anilines is 1. The van der Waals surface area contributed by atoms with E-state index < -0.39 is 0 Å². The smallest absolute Gasteiger partial charge is 0.255 e. The molecule has 0 radical (unpaired) electrons. The van der Waals surface area contributed by atoms with Crippen molar-refractivity contribution in [3.05, 3.63) is 52.9 Å². The van der Waals surface area contributed by atoms with E-state index in [1.54, 1.807) is 12.3 Å². The number of pyridine rings is 1. The van der Waals surface area contributed by atoms with E-state index in [4.69, 9.17) is 16.6 Å². The van der Waals surface area contributed by atoms with Crippen molar-refractivity contribution < 1.29 is 4.79 Å². The van der Waals surface area contributed by atoms with Gasteiger partial charge in [0, 0.05) is 39.3 Å². The first-order valence-corrected chi connectivity index (χ1v) is 10.6. The molecule has 0 atom stereocenters. The van der Waals surface area contributed by atoms with Crippen molar-refractivity contribution >= 4 is 34.4 Å². The van der Waals surface area contributed by atoms with E-state index in [9.17, 15) is 4.79 Å². The predicted molar refractivity (Wildman–Crippen MR) is 117 cm³/mol. The summed E-state index contributed by atoms with van der Waals surface area (Å²) in [5, 5.41) is 3.76. The zero-order valence-electron chi connectivity index (χ0n) is 16.7. The van der Waals surface area contributed by atoms with Gasteiger partial charge in [-0.25, -0.2) is 9.97 Å². The van der Waals surface area contributed by atoms with Gasteiger partial charge in [0.2, 0.25) is 0 Å². The molecule has 0 saturated carbocycles. The first kappa shape index (κ1) is 19.7. The van der Waals surface area contributed by atoms with E-state index >= 15 is 0 Å². The molecule has 4 rings (SSSR count). The summed E-state index contributed by atoms with van der Waals surface area (Å²) in [7, 11) is 2.05. The number of nitrogens with zero attached hydrogens (tertiary/aromatic N) is 4.